The van der Waals surface area contributed by atoms with Crippen LogP contribution in [0, 0.1) is 0 Å². The van der Waals surface area contributed by atoms with Gasteiger partial charge in [0.15, 0.2) is 5.75 Å². The second-order valence-electron chi connectivity index (χ2n) is 4.07. The highest BCUT2D eigenvalue weighted by molar-refractivity contribution is 7.07. The third-order valence-electron chi connectivity index (χ3n) is 2.71. The summed E-state index contributed by atoms with van der Waals surface area (Å²) in [7, 11) is 3.23. The first-order chi connectivity index (χ1) is 9.13. The molecular weight excluding hydrogens is 262 g/mol. The highest BCUT2D eigenvalue weighted by Gasteiger charge is 2.18. The van der Waals surface area contributed by atoms with E-state index in [2.05, 4.69) is 4.98 Å². The van der Waals surface area contributed by atoms with Gasteiger partial charge >= 0.3 is 0 Å². The Morgan fingerprint density at radius 2 is 2.32 bits per heavy atom. The highest BCUT2D eigenvalue weighted by Crippen LogP contribution is 2.27. The fourth-order valence-electron chi connectivity index (χ4n) is 1.79. The van der Waals surface area contributed by atoms with Crippen molar-refractivity contribution in [2.24, 2.45) is 0 Å². The molecule has 0 radical (unpaired) electrons. The number of amides is 1. The van der Waals surface area contributed by atoms with Crippen molar-refractivity contribution in [2.75, 3.05) is 19.9 Å². The lowest BCUT2D eigenvalue weighted by Crippen LogP contribution is -2.26. The summed E-state index contributed by atoms with van der Waals surface area (Å²) in [5.74, 6) is 0.273. The number of hydrogen-bond acceptors (Lipinski definition) is 5. The van der Waals surface area contributed by atoms with Crippen LogP contribution < -0.4 is 10.5 Å². The number of para-hydroxylation sites is 1. The number of anilines is 1. The Morgan fingerprint density at radius 1 is 1.53 bits per heavy atom. The van der Waals surface area contributed by atoms with Crippen LogP contribution in [0.15, 0.2) is 29.1 Å². The topological polar surface area (TPSA) is 68.5 Å². The van der Waals surface area contributed by atoms with Crippen LogP contribution in [0.5, 0.6) is 5.75 Å². The fourth-order valence-corrected chi connectivity index (χ4v) is 2.34. The van der Waals surface area contributed by atoms with Gasteiger partial charge in [0.1, 0.15) is 0 Å². The number of methoxy groups -OCH3 is 1. The number of nitrogens with zero attached hydrogens (tertiary/aromatic N) is 2. The number of nitrogens with two attached hydrogens (primary N) is 1. The largest absolute Gasteiger partial charge is 0.494 e. The fraction of sp³-hybridized carbons (Fsp3) is 0.231. The van der Waals surface area contributed by atoms with Gasteiger partial charge in [-0.1, -0.05) is 6.07 Å². The maximum atomic E-state index is 12.4. The number of carbonyl (C=O) groups excluding carboxylic acids is 1. The van der Waals surface area contributed by atoms with E-state index in [1.807, 2.05) is 5.38 Å². The average Bonchev–Trinajstić information content (AvgIpc) is 2.90. The van der Waals surface area contributed by atoms with E-state index in [1.54, 1.807) is 35.7 Å². The van der Waals surface area contributed by atoms with Gasteiger partial charge in [0.05, 0.1) is 36.1 Å². The van der Waals surface area contributed by atoms with Gasteiger partial charge in [-0.2, -0.15) is 0 Å². The van der Waals surface area contributed by atoms with E-state index in [0.717, 1.165) is 5.69 Å². The van der Waals surface area contributed by atoms with Gasteiger partial charge in [-0.3, -0.25) is 4.79 Å². The lowest BCUT2D eigenvalue weighted by atomic mass is 10.1. The standard InChI is InChI=1S/C13H15N3O2S/c1-16(6-9-7-19-8-15-9)13(17)10-4-3-5-11(14)12(10)18-2/h3-5,7-8H,6,14H2,1-2H3. The summed E-state index contributed by atoms with van der Waals surface area (Å²) in [6.07, 6.45) is 0. The number of carbonyl (C=O) groups is 1. The molecule has 5 nitrogen and oxygen atoms in total. The van der Waals surface area contributed by atoms with Crippen molar-refractivity contribution in [3.8, 4) is 5.75 Å². The molecule has 1 aromatic heterocycles. The quantitative estimate of drug-likeness (QED) is 0.868. The molecule has 0 spiro atoms. The lowest BCUT2D eigenvalue weighted by molar-refractivity contribution is 0.0780. The monoisotopic (exact) mass is 277 g/mol. The van der Waals surface area contributed by atoms with Crippen molar-refractivity contribution in [2.45, 2.75) is 6.54 Å². The first kappa shape index (κ1) is 13.4. The molecule has 100 valence electrons. The van der Waals surface area contributed by atoms with Crippen LogP contribution in [0.1, 0.15) is 16.1 Å². The molecule has 1 heterocycles. The number of thiazole rings is 1. The predicted octanol–water partition coefficient (Wildman–Crippen LogP) is 2.01. The average molecular weight is 277 g/mol. The third-order valence-corrected chi connectivity index (χ3v) is 3.34. The molecule has 2 N–H and O–H groups in total. The highest BCUT2D eigenvalue weighted by atomic mass is 32.1. The van der Waals surface area contributed by atoms with Gasteiger partial charge in [-0.05, 0) is 12.1 Å². The smallest absolute Gasteiger partial charge is 0.257 e. The molecule has 0 fully saturated rings. The van der Waals surface area contributed by atoms with Gasteiger partial charge in [-0.25, -0.2) is 4.98 Å². The number of rotatable bonds is 4. The third kappa shape index (κ3) is 2.85. The molecular formula is C13H15N3O2S. The molecule has 1 amide bonds. The zero-order valence-electron chi connectivity index (χ0n) is 10.8. The van der Waals surface area contributed by atoms with Crippen molar-refractivity contribution in [3.63, 3.8) is 0 Å². The molecule has 0 saturated heterocycles. The minimum Gasteiger partial charge on any atom is -0.494 e. The summed E-state index contributed by atoms with van der Waals surface area (Å²) in [4.78, 5) is 18.1. The minimum atomic E-state index is -0.142. The lowest BCUT2D eigenvalue weighted by Gasteiger charge is -2.18. The predicted molar refractivity (Wildman–Crippen MR) is 75.3 cm³/mol. The summed E-state index contributed by atoms with van der Waals surface area (Å²) in [5, 5.41) is 1.92. The first-order valence-electron chi connectivity index (χ1n) is 5.68. The summed E-state index contributed by atoms with van der Waals surface area (Å²) in [5.41, 5.74) is 9.32. The number of hydrogen-bond donors (Lipinski definition) is 1. The van der Waals surface area contributed by atoms with Crippen LogP contribution in [0.2, 0.25) is 0 Å². The molecule has 0 bridgehead atoms. The second-order valence-corrected chi connectivity index (χ2v) is 4.79. The Morgan fingerprint density at radius 3 is 2.95 bits per heavy atom. The second kappa shape index (κ2) is 5.71. The number of nitrogen functional groups attached to an aromatic ring is 1. The Hall–Kier alpha value is -2.08. The van der Waals surface area contributed by atoms with Gasteiger partial charge in [0.2, 0.25) is 0 Å². The van der Waals surface area contributed by atoms with E-state index in [9.17, 15) is 4.79 Å². The normalized spacial score (nSPS) is 10.2. The van der Waals surface area contributed by atoms with Gasteiger partial charge in [0, 0.05) is 12.4 Å². The summed E-state index contributed by atoms with van der Waals surface area (Å²) >= 11 is 1.51. The molecule has 0 aliphatic heterocycles. The Labute approximate surface area is 115 Å². The summed E-state index contributed by atoms with van der Waals surface area (Å²) in [6.45, 7) is 0.459. The van der Waals surface area contributed by atoms with E-state index in [0.29, 0.717) is 23.5 Å². The molecule has 2 aromatic rings. The van der Waals surface area contributed by atoms with Crippen LogP contribution in [-0.4, -0.2) is 29.9 Å². The Kier molecular flexibility index (Phi) is 4.01. The van der Waals surface area contributed by atoms with Crippen LogP contribution in [0.3, 0.4) is 0 Å². The summed E-state index contributed by atoms with van der Waals surface area (Å²) < 4.78 is 5.20. The SMILES string of the molecule is COc1c(N)cccc1C(=O)N(C)Cc1cscn1. The van der Waals surface area contributed by atoms with Crippen LogP contribution >= 0.6 is 11.3 Å². The number of benzene rings is 1. The van der Waals surface area contributed by atoms with E-state index >= 15 is 0 Å². The molecule has 19 heavy (non-hydrogen) atoms. The molecule has 0 aliphatic rings. The van der Waals surface area contributed by atoms with E-state index in [4.69, 9.17) is 10.5 Å². The maximum Gasteiger partial charge on any atom is 0.257 e. The van der Waals surface area contributed by atoms with E-state index < -0.39 is 0 Å². The van der Waals surface area contributed by atoms with Gasteiger partial charge < -0.3 is 15.4 Å². The van der Waals surface area contributed by atoms with Crippen molar-refractivity contribution in [3.05, 3.63) is 40.3 Å². The zero-order chi connectivity index (χ0) is 13.8. The van der Waals surface area contributed by atoms with Crippen LogP contribution in [0.4, 0.5) is 5.69 Å². The van der Waals surface area contributed by atoms with E-state index in [-0.39, 0.29) is 5.91 Å². The van der Waals surface area contributed by atoms with Crippen LogP contribution in [0.25, 0.3) is 0 Å². The Balaban J connectivity index is 2.22. The molecule has 1 aromatic carbocycles. The molecule has 6 heteroatoms. The number of aromatic nitrogens is 1. The summed E-state index contributed by atoms with van der Waals surface area (Å²) in [6, 6.07) is 5.15. The van der Waals surface area contributed by atoms with Crippen LogP contribution in [-0.2, 0) is 6.54 Å². The molecule has 0 aliphatic carbocycles. The first-order valence-corrected chi connectivity index (χ1v) is 6.62. The minimum absolute atomic E-state index is 0.142. The molecule has 0 unspecified atom stereocenters. The number of ether oxygens (including phenoxy) is 1. The molecule has 2 rings (SSSR count). The van der Waals surface area contributed by atoms with Gasteiger partial charge in [0.25, 0.3) is 5.91 Å². The van der Waals surface area contributed by atoms with Crippen molar-refractivity contribution >= 4 is 22.9 Å². The van der Waals surface area contributed by atoms with Crippen molar-refractivity contribution in [1.29, 1.82) is 0 Å². The van der Waals surface area contributed by atoms with Crippen molar-refractivity contribution in [1.82, 2.24) is 9.88 Å². The Bertz CT molecular complexity index is 569. The molecule has 0 saturated carbocycles. The van der Waals surface area contributed by atoms with Crippen molar-refractivity contribution < 1.29 is 9.53 Å². The van der Waals surface area contributed by atoms with E-state index in [1.165, 1.54) is 18.4 Å². The van der Waals surface area contributed by atoms with Gasteiger partial charge in [-0.15, -0.1) is 11.3 Å². The maximum absolute atomic E-state index is 12.4. The molecule has 0 atom stereocenters. The zero-order valence-corrected chi connectivity index (χ0v) is 11.6.